The van der Waals surface area contributed by atoms with E-state index in [4.69, 9.17) is 5.10 Å². The molecule has 4 aromatic rings. The third-order valence-electron chi connectivity index (χ3n) is 4.33. The summed E-state index contributed by atoms with van der Waals surface area (Å²) in [7, 11) is 0. The number of aromatic nitrogens is 2. The molecule has 0 aliphatic carbocycles. The maximum Gasteiger partial charge on any atom is 0.185 e. The monoisotopic (exact) mass is 428 g/mol. The van der Waals surface area contributed by atoms with Crippen molar-refractivity contribution in [3.05, 3.63) is 113 Å². The van der Waals surface area contributed by atoms with Crippen LogP contribution in [0.2, 0.25) is 0 Å². The molecule has 136 valence electrons. The van der Waals surface area contributed by atoms with E-state index in [0.29, 0.717) is 5.56 Å². The fourth-order valence-electron chi connectivity index (χ4n) is 2.95. The smallest absolute Gasteiger partial charge is 0.185 e. The van der Waals surface area contributed by atoms with Crippen LogP contribution in [0.4, 0.5) is 0 Å². The van der Waals surface area contributed by atoms with Gasteiger partial charge in [0, 0.05) is 27.4 Å². The van der Waals surface area contributed by atoms with E-state index in [1.54, 1.807) is 6.08 Å². The summed E-state index contributed by atoms with van der Waals surface area (Å²) in [6.45, 7) is 0. The minimum atomic E-state index is -0.0340. The van der Waals surface area contributed by atoms with Gasteiger partial charge in [0.05, 0.1) is 11.4 Å². The number of ketones is 1. The molecule has 0 bridgehead atoms. The van der Waals surface area contributed by atoms with Crippen LogP contribution >= 0.6 is 15.9 Å². The van der Waals surface area contributed by atoms with Gasteiger partial charge in [-0.3, -0.25) is 4.79 Å². The number of hydrogen-bond donors (Lipinski definition) is 0. The van der Waals surface area contributed by atoms with Crippen LogP contribution in [-0.4, -0.2) is 15.6 Å². The van der Waals surface area contributed by atoms with Crippen LogP contribution in [-0.2, 0) is 0 Å². The molecule has 0 atom stereocenters. The number of allylic oxidation sites excluding steroid dienone is 1. The Labute approximate surface area is 172 Å². The molecule has 0 aliphatic rings. The molecule has 0 unspecified atom stereocenters. The van der Waals surface area contributed by atoms with E-state index in [-0.39, 0.29) is 5.78 Å². The second kappa shape index (κ2) is 8.19. The Bertz CT molecular complexity index is 1130. The third-order valence-corrected chi connectivity index (χ3v) is 4.83. The number of para-hydroxylation sites is 1. The largest absolute Gasteiger partial charge is 0.289 e. The van der Waals surface area contributed by atoms with Crippen molar-refractivity contribution in [2.24, 2.45) is 0 Å². The lowest BCUT2D eigenvalue weighted by Gasteiger charge is -2.01. The van der Waals surface area contributed by atoms with Crippen molar-refractivity contribution >= 4 is 27.8 Å². The van der Waals surface area contributed by atoms with Crippen molar-refractivity contribution in [2.45, 2.75) is 0 Å². The molecule has 1 heterocycles. The summed E-state index contributed by atoms with van der Waals surface area (Å²) < 4.78 is 2.82. The van der Waals surface area contributed by atoms with Crippen molar-refractivity contribution in [3.63, 3.8) is 0 Å². The molecule has 4 rings (SSSR count). The number of rotatable bonds is 5. The Morgan fingerprint density at radius 1 is 0.893 bits per heavy atom. The van der Waals surface area contributed by atoms with Gasteiger partial charge in [0.2, 0.25) is 0 Å². The van der Waals surface area contributed by atoms with Gasteiger partial charge in [-0.1, -0.05) is 76.6 Å². The first-order chi connectivity index (χ1) is 13.7. The first-order valence-electron chi connectivity index (χ1n) is 8.89. The normalized spacial score (nSPS) is 11.0. The van der Waals surface area contributed by atoms with Crippen LogP contribution in [0.3, 0.4) is 0 Å². The Balaban J connectivity index is 1.75. The second-order valence-electron chi connectivity index (χ2n) is 6.29. The van der Waals surface area contributed by atoms with E-state index in [0.717, 1.165) is 27.0 Å². The molecule has 28 heavy (non-hydrogen) atoms. The lowest BCUT2D eigenvalue weighted by atomic mass is 10.1. The molecule has 0 amide bonds. The zero-order chi connectivity index (χ0) is 19.3. The van der Waals surface area contributed by atoms with Gasteiger partial charge in [-0.25, -0.2) is 4.68 Å². The van der Waals surface area contributed by atoms with Crippen LogP contribution in [0.1, 0.15) is 15.9 Å². The van der Waals surface area contributed by atoms with Gasteiger partial charge in [0.1, 0.15) is 0 Å². The van der Waals surface area contributed by atoms with Crippen LogP contribution in [0.25, 0.3) is 23.0 Å². The molecular weight excluding hydrogens is 412 g/mol. The third kappa shape index (κ3) is 4.02. The quantitative estimate of drug-likeness (QED) is 0.280. The van der Waals surface area contributed by atoms with Crippen LogP contribution in [0.5, 0.6) is 0 Å². The molecule has 3 nitrogen and oxygen atoms in total. The zero-order valence-electron chi connectivity index (χ0n) is 15.0. The number of nitrogens with zero attached hydrogens (tertiary/aromatic N) is 2. The van der Waals surface area contributed by atoms with E-state index >= 15 is 0 Å². The first-order valence-corrected chi connectivity index (χ1v) is 9.68. The number of hydrogen-bond acceptors (Lipinski definition) is 2. The van der Waals surface area contributed by atoms with Crippen LogP contribution in [0, 0.1) is 0 Å². The summed E-state index contributed by atoms with van der Waals surface area (Å²) in [6, 6.07) is 27.2. The predicted molar refractivity (Wildman–Crippen MR) is 117 cm³/mol. The molecule has 0 fully saturated rings. The van der Waals surface area contributed by atoms with Gasteiger partial charge in [0.25, 0.3) is 0 Å². The van der Waals surface area contributed by atoms with Gasteiger partial charge >= 0.3 is 0 Å². The Hall–Kier alpha value is -3.24. The van der Waals surface area contributed by atoms with Crippen LogP contribution < -0.4 is 0 Å². The maximum atomic E-state index is 12.5. The van der Waals surface area contributed by atoms with E-state index < -0.39 is 0 Å². The summed E-state index contributed by atoms with van der Waals surface area (Å²) in [5.74, 6) is -0.0340. The van der Waals surface area contributed by atoms with Gasteiger partial charge in [-0.15, -0.1) is 0 Å². The van der Waals surface area contributed by atoms with Gasteiger partial charge in [0.15, 0.2) is 5.78 Å². The number of halogens is 1. The average molecular weight is 429 g/mol. The molecule has 1 aromatic heterocycles. The molecule has 0 aliphatic heterocycles. The Morgan fingerprint density at radius 2 is 1.61 bits per heavy atom. The van der Waals surface area contributed by atoms with Crippen molar-refractivity contribution < 1.29 is 4.79 Å². The number of carbonyl (C=O) groups is 1. The van der Waals surface area contributed by atoms with Crippen LogP contribution in [0.15, 0.2) is 102 Å². The van der Waals surface area contributed by atoms with E-state index in [1.807, 2.05) is 102 Å². The van der Waals surface area contributed by atoms with Gasteiger partial charge in [-0.05, 0) is 36.4 Å². The molecular formula is C24H17BrN2O. The average Bonchev–Trinajstić information content (AvgIpc) is 3.18. The molecule has 0 radical (unpaired) electrons. The number of carbonyl (C=O) groups excluding carboxylic acids is 1. The Kier molecular flexibility index (Phi) is 5.31. The summed E-state index contributed by atoms with van der Waals surface area (Å²) in [5.41, 5.74) is 4.32. The van der Waals surface area contributed by atoms with E-state index in [1.165, 1.54) is 0 Å². The lowest BCUT2D eigenvalue weighted by molar-refractivity contribution is 0.104. The second-order valence-corrected chi connectivity index (χ2v) is 7.20. The SMILES string of the molecule is O=C(/C=C/c1cn(-c2ccccc2)nc1-c1cccc(Br)c1)c1ccccc1. The fraction of sp³-hybridized carbons (Fsp3) is 0. The standard InChI is InChI=1S/C24H17BrN2O/c25-21-11-7-10-19(16-21)24-20(14-15-23(28)18-8-3-1-4-9-18)17-27(26-24)22-12-5-2-6-13-22/h1-17H/b15-14+. The highest BCUT2D eigenvalue weighted by Crippen LogP contribution is 2.27. The lowest BCUT2D eigenvalue weighted by Crippen LogP contribution is -1.93. The number of benzene rings is 3. The van der Waals surface area contributed by atoms with E-state index in [2.05, 4.69) is 15.9 Å². The highest BCUT2D eigenvalue weighted by molar-refractivity contribution is 9.10. The summed E-state index contributed by atoms with van der Waals surface area (Å²) in [6.07, 6.45) is 5.38. The minimum absolute atomic E-state index is 0.0340. The molecule has 3 aromatic carbocycles. The molecule has 4 heteroatoms. The van der Waals surface area contributed by atoms with Gasteiger partial charge in [-0.2, -0.15) is 5.10 Å². The summed E-state index contributed by atoms with van der Waals surface area (Å²) >= 11 is 3.52. The fourth-order valence-corrected chi connectivity index (χ4v) is 3.35. The highest BCUT2D eigenvalue weighted by Gasteiger charge is 2.11. The van der Waals surface area contributed by atoms with Crippen molar-refractivity contribution in [1.29, 1.82) is 0 Å². The summed E-state index contributed by atoms with van der Waals surface area (Å²) in [4.78, 5) is 12.5. The predicted octanol–water partition coefficient (Wildman–Crippen LogP) is 6.20. The molecule has 0 saturated carbocycles. The summed E-state index contributed by atoms with van der Waals surface area (Å²) in [5, 5.41) is 4.78. The highest BCUT2D eigenvalue weighted by atomic mass is 79.9. The first kappa shape index (κ1) is 18.1. The van der Waals surface area contributed by atoms with Crippen molar-refractivity contribution in [1.82, 2.24) is 9.78 Å². The molecule has 0 spiro atoms. The Morgan fingerprint density at radius 3 is 2.32 bits per heavy atom. The van der Waals surface area contributed by atoms with Crippen molar-refractivity contribution in [2.75, 3.05) is 0 Å². The van der Waals surface area contributed by atoms with Crippen molar-refractivity contribution in [3.8, 4) is 16.9 Å². The zero-order valence-corrected chi connectivity index (χ0v) is 16.6. The van der Waals surface area contributed by atoms with E-state index in [9.17, 15) is 4.79 Å². The minimum Gasteiger partial charge on any atom is -0.289 e. The molecule has 0 saturated heterocycles. The maximum absolute atomic E-state index is 12.5. The topological polar surface area (TPSA) is 34.9 Å². The molecule has 0 N–H and O–H groups in total. The van der Waals surface area contributed by atoms with Gasteiger partial charge < -0.3 is 0 Å².